The topological polar surface area (TPSA) is 29.3 Å². The number of nitrogens with two attached hydrogens (primary N) is 1. The summed E-state index contributed by atoms with van der Waals surface area (Å²) >= 11 is 0. The monoisotopic (exact) mass is 236 g/mol. The molecule has 2 N–H and O–H groups in total. The Bertz CT molecular complexity index is 231. The molecule has 0 aromatic carbocycles. The molecule has 98 valence electrons. The van der Waals surface area contributed by atoms with E-state index in [-0.39, 0.29) is 0 Å². The van der Waals surface area contributed by atoms with E-state index in [0.717, 1.165) is 30.5 Å². The van der Waals surface area contributed by atoms with Crippen molar-refractivity contribution in [2.75, 3.05) is 13.1 Å². The van der Waals surface area contributed by atoms with Gasteiger partial charge < -0.3 is 5.73 Å². The van der Waals surface area contributed by atoms with Gasteiger partial charge in [0.2, 0.25) is 0 Å². The minimum absolute atomic E-state index is 0.866. The van der Waals surface area contributed by atoms with Crippen molar-refractivity contribution in [1.29, 1.82) is 0 Å². The van der Waals surface area contributed by atoms with Gasteiger partial charge in [0.05, 0.1) is 0 Å². The predicted molar refractivity (Wildman–Crippen MR) is 71.9 cm³/mol. The molecule has 0 spiro atoms. The van der Waals surface area contributed by atoms with E-state index in [4.69, 9.17) is 5.73 Å². The summed E-state index contributed by atoms with van der Waals surface area (Å²) in [4.78, 5) is 2.89. The van der Waals surface area contributed by atoms with Crippen LogP contribution in [-0.4, -0.2) is 30.1 Å². The summed E-state index contributed by atoms with van der Waals surface area (Å²) in [6.45, 7) is 2.14. The number of fused-ring (bicyclic) bond motifs is 3. The molecule has 1 heterocycles. The van der Waals surface area contributed by atoms with Crippen LogP contribution in [0.2, 0.25) is 0 Å². The largest absolute Gasteiger partial charge is 0.330 e. The molecule has 1 saturated heterocycles. The van der Waals surface area contributed by atoms with Crippen molar-refractivity contribution >= 4 is 0 Å². The first-order valence-electron chi connectivity index (χ1n) is 7.87. The van der Waals surface area contributed by atoms with Crippen LogP contribution in [0.4, 0.5) is 0 Å². The highest BCUT2D eigenvalue weighted by Crippen LogP contribution is 2.48. The number of rotatable bonds is 3. The molecule has 2 nitrogen and oxygen atoms in total. The van der Waals surface area contributed by atoms with Crippen LogP contribution in [0.5, 0.6) is 0 Å². The minimum Gasteiger partial charge on any atom is -0.330 e. The van der Waals surface area contributed by atoms with E-state index in [1.54, 1.807) is 0 Å². The lowest BCUT2D eigenvalue weighted by molar-refractivity contribution is 0.138. The summed E-state index contributed by atoms with van der Waals surface area (Å²) in [5, 5.41) is 0. The summed E-state index contributed by atoms with van der Waals surface area (Å²) in [5.74, 6) is 2.10. The van der Waals surface area contributed by atoms with Gasteiger partial charge >= 0.3 is 0 Å². The molecular formula is C15H28N2. The van der Waals surface area contributed by atoms with Crippen LogP contribution in [0.25, 0.3) is 0 Å². The van der Waals surface area contributed by atoms with E-state index in [1.807, 2.05) is 0 Å². The molecule has 0 aromatic heterocycles. The fourth-order valence-corrected chi connectivity index (χ4v) is 4.95. The smallest absolute Gasteiger partial charge is 0.0130 e. The first kappa shape index (κ1) is 12.0. The molecule has 0 bridgehead atoms. The molecule has 4 unspecified atom stereocenters. The maximum absolute atomic E-state index is 5.72. The Morgan fingerprint density at radius 3 is 1.88 bits per heavy atom. The number of nitrogens with zero attached hydrogens (tertiary/aromatic N) is 1. The molecule has 2 aliphatic carbocycles. The van der Waals surface area contributed by atoms with Gasteiger partial charge in [0.15, 0.2) is 0 Å². The normalized spacial score (nSPS) is 42.2. The molecule has 3 fully saturated rings. The van der Waals surface area contributed by atoms with Crippen molar-refractivity contribution in [3.8, 4) is 0 Å². The zero-order chi connectivity index (χ0) is 11.7. The van der Waals surface area contributed by atoms with Crippen LogP contribution in [-0.2, 0) is 0 Å². The van der Waals surface area contributed by atoms with Crippen molar-refractivity contribution < 1.29 is 0 Å². The quantitative estimate of drug-likeness (QED) is 0.816. The molecule has 3 rings (SSSR count). The Morgan fingerprint density at radius 1 is 0.824 bits per heavy atom. The molecule has 4 atom stereocenters. The van der Waals surface area contributed by atoms with E-state index in [1.165, 1.54) is 64.3 Å². The second-order valence-corrected chi connectivity index (χ2v) is 6.41. The second-order valence-electron chi connectivity index (χ2n) is 6.41. The molecule has 1 aliphatic heterocycles. The fraction of sp³-hybridized carbons (Fsp3) is 1.00. The van der Waals surface area contributed by atoms with Crippen LogP contribution in [0, 0.1) is 11.8 Å². The van der Waals surface area contributed by atoms with Crippen molar-refractivity contribution in [3.63, 3.8) is 0 Å². The predicted octanol–water partition coefficient (Wildman–Crippen LogP) is 2.77. The average Bonchev–Trinajstić information content (AvgIpc) is 2.71. The highest BCUT2D eigenvalue weighted by molar-refractivity contribution is 5.02. The first-order chi connectivity index (χ1) is 8.42. The lowest BCUT2D eigenvalue weighted by Gasteiger charge is -2.34. The Kier molecular flexibility index (Phi) is 3.72. The van der Waals surface area contributed by atoms with Crippen LogP contribution in [0.1, 0.15) is 57.8 Å². The van der Waals surface area contributed by atoms with Crippen LogP contribution < -0.4 is 5.73 Å². The number of hydrogen-bond acceptors (Lipinski definition) is 2. The molecular weight excluding hydrogens is 208 g/mol. The maximum atomic E-state index is 5.72. The van der Waals surface area contributed by atoms with E-state index >= 15 is 0 Å². The average molecular weight is 236 g/mol. The van der Waals surface area contributed by atoms with Crippen molar-refractivity contribution in [1.82, 2.24) is 4.90 Å². The third kappa shape index (κ3) is 2.15. The van der Waals surface area contributed by atoms with Gasteiger partial charge in [0.1, 0.15) is 0 Å². The highest BCUT2D eigenvalue weighted by Gasteiger charge is 2.48. The standard InChI is InChI=1S/C15H28N2/c16-10-5-11-17-14-8-3-1-6-12(14)13-7-2-4-9-15(13)17/h12-15H,1-11,16H2. The van der Waals surface area contributed by atoms with E-state index < -0.39 is 0 Å². The van der Waals surface area contributed by atoms with Gasteiger partial charge in [-0.05, 0) is 57.0 Å². The van der Waals surface area contributed by atoms with Gasteiger partial charge in [0.25, 0.3) is 0 Å². The third-order valence-corrected chi connectivity index (χ3v) is 5.59. The number of likely N-dealkylation sites (tertiary alicyclic amines) is 1. The van der Waals surface area contributed by atoms with Gasteiger partial charge in [-0.2, -0.15) is 0 Å². The Balaban J connectivity index is 1.75. The summed E-state index contributed by atoms with van der Waals surface area (Å²) in [7, 11) is 0. The molecule has 0 radical (unpaired) electrons. The van der Waals surface area contributed by atoms with Gasteiger partial charge in [-0.3, -0.25) is 4.90 Å². The highest BCUT2D eigenvalue weighted by atomic mass is 15.2. The van der Waals surface area contributed by atoms with Gasteiger partial charge in [-0.1, -0.05) is 25.7 Å². The van der Waals surface area contributed by atoms with E-state index in [9.17, 15) is 0 Å². The van der Waals surface area contributed by atoms with Crippen LogP contribution in [0.15, 0.2) is 0 Å². The molecule has 2 heteroatoms. The lowest BCUT2D eigenvalue weighted by Crippen LogP contribution is -2.40. The molecule has 3 aliphatic rings. The van der Waals surface area contributed by atoms with E-state index in [0.29, 0.717) is 0 Å². The molecule has 17 heavy (non-hydrogen) atoms. The van der Waals surface area contributed by atoms with E-state index in [2.05, 4.69) is 4.90 Å². The SMILES string of the molecule is NCCCN1C2CCCCC2C2CCCCC21. The molecule has 0 amide bonds. The minimum atomic E-state index is 0.866. The van der Waals surface area contributed by atoms with Crippen molar-refractivity contribution in [2.24, 2.45) is 17.6 Å². The molecule has 2 saturated carbocycles. The van der Waals surface area contributed by atoms with Crippen molar-refractivity contribution in [3.05, 3.63) is 0 Å². The Morgan fingerprint density at radius 2 is 1.35 bits per heavy atom. The van der Waals surface area contributed by atoms with Gasteiger partial charge in [0, 0.05) is 12.1 Å². The van der Waals surface area contributed by atoms with Gasteiger partial charge in [-0.15, -0.1) is 0 Å². The maximum Gasteiger partial charge on any atom is 0.0130 e. The number of hydrogen-bond donors (Lipinski definition) is 1. The summed E-state index contributed by atoms with van der Waals surface area (Å²) in [6, 6.07) is 1.87. The summed E-state index contributed by atoms with van der Waals surface area (Å²) in [5.41, 5.74) is 5.72. The van der Waals surface area contributed by atoms with Crippen LogP contribution in [0.3, 0.4) is 0 Å². The Hall–Kier alpha value is -0.0800. The second kappa shape index (κ2) is 5.27. The zero-order valence-electron chi connectivity index (χ0n) is 11.1. The molecule has 0 aromatic rings. The summed E-state index contributed by atoms with van der Waals surface area (Å²) in [6.07, 6.45) is 13.1. The first-order valence-corrected chi connectivity index (χ1v) is 7.87. The fourth-order valence-electron chi connectivity index (χ4n) is 4.95. The van der Waals surface area contributed by atoms with Gasteiger partial charge in [-0.25, -0.2) is 0 Å². The van der Waals surface area contributed by atoms with Crippen molar-refractivity contribution in [2.45, 2.75) is 69.9 Å². The third-order valence-electron chi connectivity index (χ3n) is 5.59. The lowest BCUT2D eigenvalue weighted by atomic mass is 9.73. The summed E-state index contributed by atoms with van der Waals surface area (Å²) < 4.78 is 0. The zero-order valence-corrected chi connectivity index (χ0v) is 11.1. The van der Waals surface area contributed by atoms with Crippen LogP contribution >= 0.6 is 0 Å². The Labute approximate surface area is 106 Å².